The number of fused-ring (bicyclic) bond motifs is 2. The number of hydrogen-bond acceptors (Lipinski definition) is 2. The average molecular weight is 166 g/mol. The van der Waals surface area contributed by atoms with Crippen molar-refractivity contribution in [1.82, 2.24) is 5.43 Å². The molecule has 3 rings (SSSR count). The lowest BCUT2D eigenvalue weighted by atomic mass is 9.69. The van der Waals surface area contributed by atoms with Crippen molar-refractivity contribution in [3.8, 4) is 0 Å². The van der Waals surface area contributed by atoms with Crippen molar-refractivity contribution in [2.45, 2.75) is 19.3 Å². The molecule has 1 amide bonds. The van der Waals surface area contributed by atoms with Gasteiger partial charge in [0.1, 0.15) is 0 Å². The largest absolute Gasteiger partial charge is 0.294 e. The molecule has 0 spiro atoms. The zero-order valence-corrected chi connectivity index (χ0v) is 6.99. The molecule has 1 saturated carbocycles. The SMILES string of the molecule is NNC(=O)C1C[C@H]2C=C[C@@H]1CC2. The van der Waals surface area contributed by atoms with Gasteiger partial charge in [0.2, 0.25) is 5.91 Å². The van der Waals surface area contributed by atoms with Gasteiger partial charge in [-0.1, -0.05) is 12.2 Å². The third kappa shape index (κ3) is 1.14. The first kappa shape index (κ1) is 7.80. The lowest BCUT2D eigenvalue weighted by molar-refractivity contribution is -0.127. The summed E-state index contributed by atoms with van der Waals surface area (Å²) in [7, 11) is 0. The number of hydrazine groups is 1. The zero-order valence-electron chi connectivity index (χ0n) is 6.99. The van der Waals surface area contributed by atoms with Gasteiger partial charge in [-0.3, -0.25) is 10.2 Å². The monoisotopic (exact) mass is 166 g/mol. The highest BCUT2D eigenvalue weighted by molar-refractivity contribution is 5.78. The van der Waals surface area contributed by atoms with Crippen LogP contribution in [0.5, 0.6) is 0 Å². The van der Waals surface area contributed by atoms with Crippen molar-refractivity contribution in [3.05, 3.63) is 12.2 Å². The van der Waals surface area contributed by atoms with E-state index in [-0.39, 0.29) is 11.8 Å². The zero-order chi connectivity index (χ0) is 8.55. The fraction of sp³-hybridized carbons (Fsp3) is 0.667. The highest BCUT2D eigenvalue weighted by Crippen LogP contribution is 2.40. The molecule has 0 heterocycles. The summed E-state index contributed by atoms with van der Waals surface area (Å²) in [5, 5.41) is 0. The highest BCUT2D eigenvalue weighted by atomic mass is 16.2. The summed E-state index contributed by atoms with van der Waals surface area (Å²) in [6, 6.07) is 0. The van der Waals surface area contributed by atoms with E-state index in [0.29, 0.717) is 11.8 Å². The van der Waals surface area contributed by atoms with Gasteiger partial charge in [0.15, 0.2) is 0 Å². The fourth-order valence-electron chi connectivity index (χ4n) is 2.34. The maximum atomic E-state index is 11.3. The molecule has 3 nitrogen and oxygen atoms in total. The van der Waals surface area contributed by atoms with Crippen LogP contribution in [0.25, 0.3) is 0 Å². The number of rotatable bonds is 1. The second-order valence-electron chi connectivity index (χ2n) is 3.74. The van der Waals surface area contributed by atoms with Crippen LogP contribution in [0.4, 0.5) is 0 Å². The number of amides is 1. The number of carbonyl (C=O) groups is 1. The molecule has 3 aliphatic carbocycles. The summed E-state index contributed by atoms with van der Waals surface area (Å²) < 4.78 is 0. The smallest absolute Gasteiger partial charge is 0.237 e. The highest BCUT2D eigenvalue weighted by Gasteiger charge is 2.35. The summed E-state index contributed by atoms with van der Waals surface area (Å²) in [5.41, 5.74) is 2.25. The van der Waals surface area contributed by atoms with Crippen molar-refractivity contribution < 1.29 is 4.79 Å². The first-order valence-corrected chi connectivity index (χ1v) is 4.50. The Kier molecular flexibility index (Phi) is 1.89. The van der Waals surface area contributed by atoms with Crippen molar-refractivity contribution >= 4 is 5.91 Å². The van der Waals surface area contributed by atoms with E-state index in [9.17, 15) is 4.79 Å². The topological polar surface area (TPSA) is 55.1 Å². The molecule has 0 aliphatic heterocycles. The molecule has 0 aromatic rings. The van der Waals surface area contributed by atoms with Crippen molar-refractivity contribution in [3.63, 3.8) is 0 Å². The molecule has 3 aliphatic rings. The molecule has 3 atom stereocenters. The summed E-state index contributed by atoms with van der Waals surface area (Å²) in [4.78, 5) is 11.3. The number of nitrogens with two attached hydrogens (primary N) is 1. The van der Waals surface area contributed by atoms with Gasteiger partial charge < -0.3 is 0 Å². The summed E-state index contributed by atoms with van der Waals surface area (Å²) >= 11 is 0. The minimum Gasteiger partial charge on any atom is -0.294 e. The summed E-state index contributed by atoms with van der Waals surface area (Å²) in [6.45, 7) is 0. The molecule has 3 N–H and O–H groups in total. The minimum absolute atomic E-state index is 0.00838. The Bertz CT molecular complexity index is 225. The Morgan fingerprint density at radius 1 is 1.42 bits per heavy atom. The fourth-order valence-corrected chi connectivity index (χ4v) is 2.34. The second kappa shape index (κ2) is 2.90. The predicted molar refractivity (Wildman–Crippen MR) is 45.8 cm³/mol. The van der Waals surface area contributed by atoms with E-state index in [1.54, 1.807) is 0 Å². The van der Waals surface area contributed by atoms with Crippen LogP contribution < -0.4 is 11.3 Å². The van der Waals surface area contributed by atoms with E-state index in [0.717, 1.165) is 12.8 Å². The normalized spacial score (nSPS) is 38.2. The molecule has 3 heteroatoms. The lowest BCUT2D eigenvalue weighted by Crippen LogP contribution is -2.42. The van der Waals surface area contributed by atoms with Crippen LogP contribution in [-0.4, -0.2) is 5.91 Å². The van der Waals surface area contributed by atoms with E-state index in [1.807, 2.05) is 0 Å². The van der Waals surface area contributed by atoms with Crippen LogP contribution in [-0.2, 0) is 4.79 Å². The van der Waals surface area contributed by atoms with Crippen molar-refractivity contribution in [2.24, 2.45) is 23.6 Å². The Hall–Kier alpha value is -0.830. The van der Waals surface area contributed by atoms with E-state index >= 15 is 0 Å². The van der Waals surface area contributed by atoms with Gasteiger partial charge in [0.05, 0.1) is 0 Å². The summed E-state index contributed by atoms with van der Waals surface area (Å²) in [6.07, 6.45) is 7.81. The Balaban J connectivity index is 2.11. The van der Waals surface area contributed by atoms with Crippen molar-refractivity contribution in [1.29, 1.82) is 0 Å². The first-order chi connectivity index (χ1) is 5.81. The second-order valence-corrected chi connectivity index (χ2v) is 3.74. The maximum absolute atomic E-state index is 11.3. The van der Waals surface area contributed by atoms with Crippen LogP contribution in [0.15, 0.2) is 12.2 Å². The Morgan fingerprint density at radius 3 is 2.67 bits per heavy atom. The molecular weight excluding hydrogens is 152 g/mol. The molecule has 0 radical (unpaired) electrons. The van der Waals surface area contributed by atoms with Gasteiger partial charge in [-0.05, 0) is 31.1 Å². The average Bonchev–Trinajstić information content (AvgIpc) is 2.18. The minimum atomic E-state index is 0.00838. The predicted octanol–water partition coefficient (Wildman–Crippen LogP) is 0.579. The molecule has 0 aromatic heterocycles. The third-order valence-electron chi connectivity index (χ3n) is 3.05. The van der Waals surface area contributed by atoms with Crippen molar-refractivity contribution in [2.75, 3.05) is 0 Å². The van der Waals surface area contributed by atoms with Gasteiger partial charge in [0.25, 0.3) is 0 Å². The molecule has 0 saturated heterocycles. The number of nitrogens with one attached hydrogen (secondary N) is 1. The van der Waals surface area contributed by atoms with Gasteiger partial charge in [-0.25, -0.2) is 5.84 Å². The maximum Gasteiger partial charge on any atom is 0.237 e. The Labute approximate surface area is 72.0 Å². The third-order valence-corrected chi connectivity index (χ3v) is 3.05. The van der Waals surface area contributed by atoms with E-state index in [1.165, 1.54) is 6.42 Å². The number of carbonyl (C=O) groups excluding carboxylic acids is 1. The van der Waals surface area contributed by atoms with Crippen LogP contribution in [0.3, 0.4) is 0 Å². The molecule has 1 unspecified atom stereocenters. The molecule has 1 fully saturated rings. The molecule has 2 bridgehead atoms. The van der Waals surface area contributed by atoms with Crippen LogP contribution in [0, 0.1) is 17.8 Å². The van der Waals surface area contributed by atoms with Gasteiger partial charge in [-0.15, -0.1) is 0 Å². The Morgan fingerprint density at radius 2 is 2.25 bits per heavy atom. The summed E-state index contributed by atoms with van der Waals surface area (Å²) in [5.74, 6) is 6.32. The molecule has 12 heavy (non-hydrogen) atoms. The quantitative estimate of drug-likeness (QED) is 0.259. The van der Waals surface area contributed by atoms with Gasteiger partial charge in [0, 0.05) is 5.92 Å². The van der Waals surface area contributed by atoms with E-state index in [4.69, 9.17) is 5.84 Å². The van der Waals surface area contributed by atoms with Gasteiger partial charge >= 0.3 is 0 Å². The molecule has 0 aromatic carbocycles. The van der Waals surface area contributed by atoms with Crippen LogP contribution in [0.2, 0.25) is 0 Å². The van der Waals surface area contributed by atoms with Gasteiger partial charge in [-0.2, -0.15) is 0 Å². The first-order valence-electron chi connectivity index (χ1n) is 4.50. The standard InChI is InChI=1S/C9H14N2O/c10-11-9(12)8-5-6-1-3-7(8)4-2-6/h1,3,6-8H,2,4-5,10H2,(H,11,12)/t6-,7+,8?/m0/s1. The van der Waals surface area contributed by atoms with E-state index in [2.05, 4.69) is 17.6 Å². The number of hydrogen-bond donors (Lipinski definition) is 2. The van der Waals surface area contributed by atoms with E-state index < -0.39 is 0 Å². The number of allylic oxidation sites excluding steroid dienone is 2. The molecule has 66 valence electrons. The van der Waals surface area contributed by atoms with Crippen LogP contribution >= 0.6 is 0 Å². The van der Waals surface area contributed by atoms with Crippen LogP contribution in [0.1, 0.15) is 19.3 Å². The molecular formula is C9H14N2O. The lowest BCUT2D eigenvalue weighted by Gasteiger charge is -2.36.